The molecule has 0 heterocycles. The maximum absolute atomic E-state index is 13.4. The molecule has 0 saturated carbocycles. The quantitative estimate of drug-likeness (QED) is 0.603. The summed E-state index contributed by atoms with van der Waals surface area (Å²) in [5.74, 6) is 0.332. The van der Waals surface area contributed by atoms with Crippen LogP contribution in [0.15, 0.2) is 18.2 Å². The first-order valence-electron chi connectivity index (χ1n) is 4.37. The number of rotatable bonds is 3. The first kappa shape index (κ1) is 12.4. The molecule has 0 aliphatic carbocycles. The number of carbonyl (C=O) groups is 1. The average Bonchev–Trinajstić information content (AvgIpc) is 2.21. The lowest BCUT2D eigenvalue weighted by Gasteiger charge is -2.05. The van der Waals surface area contributed by atoms with Crippen LogP contribution in [0.5, 0.6) is 0 Å². The largest absolute Gasteiger partial charge is 0.460 e. The molecule has 16 heavy (non-hydrogen) atoms. The molecule has 0 N–H and O–H groups in total. The molecule has 0 atom stereocenters. The van der Waals surface area contributed by atoms with Gasteiger partial charge in [-0.05, 0) is 18.2 Å². The van der Waals surface area contributed by atoms with Crippen LogP contribution in [0, 0.1) is 5.82 Å². The second kappa shape index (κ2) is 5.45. The molecule has 1 rings (SSSR count). The molecular formula is C11H8ClFO3. The first-order chi connectivity index (χ1) is 7.54. The standard InChI is InChI=1S/C11H8ClFO3/c1-7(15)16-6-8(5-14)10-3-2-9(12)4-11(10)13/h2-4H,6H2,1H3. The molecule has 0 aliphatic rings. The molecule has 0 bridgehead atoms. The fourth-order valence-corrected chi connectivity index (χ4v) is 1.23. The Hall–Kier alpha value is -1.64. The average molecular weight is 243 g/mol. The van der Waals surface area contributed by atoms with Crippen LogP contribution in [0.4, 0.5) is 4.39 Å². The van der Waals surface area contributed by atoms with E-state index < -0.39 is 11.8 Å². The van der Waals surface area contributed by atoms with Crippen molar-refractivity contribution < 1.29 is 18.7 Å². The lowest BCUT2D eigenvalue weighted by atomic mass is 10.1. The van der Waals surface area contributed by atoms with Gasteiger partial charge in [0.15, 0.2) is 0 Å². The highest BCUT2D eigenvalue weighted by Gasteiger charge is 2.11. The molecule has 0 aliphatic heterocycles. The fraction of sp³-hybridized carbons (Fsp3) is 0.182. The van der Waals surface area contributed by atoms with Crippen molar-refractivity contribution in [2.75, 3.05) is 6.61 Å². The van der Waals surface area contributed by atoms with Crippen molar-refractivity contribution in [2.45, 2.75) is 6.92 Å². The molecule has 0 amide bonds. The Morgan fingerprint density at radius 1 is 1.56 bits per heavy atom. The molecule has 3 nitrogen and oxygen atoms in total. The molecule has 0 fully saturated rings. The van der Waals surface area contributed by atoms with E-state index in [0.717, 1.165) is 6.07 Å². The van der Waals surface area contributed by atoms with Crippen LogP contribution in [0.2, 0.25) is 5.02 Å². The van der Waals surface area contributed by atoms with Crippen LogP contribution in [0.1, 0.15) is 12.5 Å². The van der Waals surface area contributed by atoms with E-state index in [2.05, 4.69) is 4.74 Å². The highest BCUT2D eigenvalue weighted by molar-refractivity contribution is 6.30. The van der Waals surface area contributed by atoms with Crippen molar-refractivity contribution in [1.82, 2.24) is 0 Å². The number of esters is 1. The minimum atomic E-state index is -0.655. The third-order valence-corrected chi connectivity index (χ3v) is 2.03. The van der Waals surface area contributed by atoms with E-state index in [1.807, 2.05) is 0 Å². The van der Waals surface area contributed by atoms with Gasteiger partial charge in [-0.1, -0.05) is 11.6 Å². The van der Waals surface area contributed by atoms with Gasteiger partial charge < -0.3 is 4.74 Å². The minimum absolute atomic E-state index is 0.0284. The molecule has 0 unspecified atom stereocenters. The van der Waals surface area contributed by atoms with E-state index in [-0.39, 0.29) is 22.8 Å². The van der Waals surface area contributed by atoms with Crippen molar-refractivity contribution in [3.8, 4) is 0 Å². The van der Waals surface area contributed by atoms with Crippen molar-refractivity contribution in [2.24, 2.45) is 0 Å². The van der Waals surface area contributed by atoms with E-state index in [4.69, 9.17) is 11.6 Å². The van der Waals surface area contributed by atoms with Crippen LogP contribution in [0.25, 0.3) is 5.57 Å². The highest BCUT2D eigenvalue weighted by atomic mass is 35.5. The van der Waals surface area contributed by atoms with Gasteiger partial charge in [0.25, 0.3) is 0 Å². The Bertz CT molecular complexity index is 464. The monoisotopic (exact) mass is 242 g/mol. The van der Waals surface area contributed by atoms with Gasteiger partial charge in [0.05, 0.1) is 5.57 Å². The van der Waals surface area contributed by atoms with Gasteiger partial charge in [-0.2, -0.15) is 0 Å². The highest BCUT2D eigenvalue weighted by Crippen LogP contribution is 2.20. The number of carbonyl (C=O) groups excluding carboxylic acids is 2. The van der Waals surface area contributed by atoms with Crippen LogP contribution in [-0.4, -0.2) is 18.5 Å². The lowest BCUT2D eigenvalue weighted by Crippen LogP contribution is -2.04. The molecule has 0 saturated heterocycles. The van der Waals surface area contributed by atoms with Crippen molar-refractivity contribution in [1.29, 1.82) is 0 Å². The maximum Gasteiger partial charge on any atom is 0.302 e. The molecule has 0 spiro atoms. The Labute approximate surface area is 96.5 Å². The summed E-state index contributed by atoms with van der Waals surface area (Å²) in [4.78, 5) is 21.2. The zero-order valence-electron chi connectivity index (χ0n) is 8.42. The second-order valence-corrected chi connectivity index (χ2v) is 3.42. The maximum atomic E-state index is 13.4. The summed E-state index contributed by atoms with van der Waals surface area (Å²) >= 11 is 5.56. The summed E-state index contributed by atoms with van der Waals surface area (Å²) in [5, 5.41) is 0.221. The SMILES string of the molecule is CC(=O)OCC(=C=O)c1ccc(Cl)cc1F. The third-order valence-electron chi connectivity index (χ3n) is 1.80. The lowest BCUT2D eigenvalue weighted by molar-refractivity contribution is -0.139. The van der Waals surface area contributed by atoms with Crippen molar-refractivity contribution in [3.63, 3.8) is 0 Å². The molecule has 1 aromatic rings. The molecular weight excluding hydrogens is 235 g/mol. The number of halogens is 2. The Morgan fingerprint density at radius 2 is 2.25 bits per heavy atom. The number of hydrogen-bond donors (Lipinski definition) is 0. The Balaban J connectivity index is 2.97. The Kier molecular flexibility index (Phi) is 4.23. The van der Waals surface area contributed by atoms with Gasteiger partial charge >= 0.3 is 5.97 Å². The normalized spacial score (nSPS) is 9.44. The predicted octanol–water partition coefficient (Wildman–Crippen LogP) is 2.26. The summed E-state index contributed by atoms with van der Waals surface area (Å²) < 4.78 is 18.0. The predicted molar refractivity (Wildman–Crippen MR) is 57.1 cm³/mol. The van der Waals surface area contributed by atoms with E-state index in [9.17, 15) is 14.0 Å². The molecule has 1 aromatic carbocycles. The van der Waals surface area contributed by atoms with Gasteiger partial charge in [0.2, 0.25) is 0 Å². The van der Waals surface area contributed by atoms with Crippen LogP contribution < -0.4 is 0 Å². The summed E-state index contributed by atoms with van der Waals surface area (Å²) in [6.45, 7) is 0.887. The van der Waals surface area contributed by atoms with Crippen LogP contribution in [-0.2, 0) is 14.3 Å². The molecule has 0 radical (unpaired) electrons. The van der Waals surface area contributed by atoms with E-state index in [1.54, 1.807) is 5.94 Å². The number of hydrogen-bond acceptors (Lipinski definition) is 3. The topological polar surface area (TPSA) is 43.4 Å². The second-order valence-electron chi connectivity index (χ2n) is 2.99. The first-order valence-corrected chi connectivity index (χ1v) is 4.75. The van der Waals surface area contributed by atoms with Crippen LogP contribution in [0.3, 0.4) is 0 Å². The number of benzene rings is 1. The van der Waals surface area contributed by atoms with E-state index in [1.165, 1.54) is 19.1 Å². The van der Waals surface area contributed by atoms with Gasteiger partial charge in [-0.25, -0.2) is 9.18 Å². The summed E-state index contributed by atoms with van der Waals surface area (Å²) in [5.41, 5.74) is -0.0370. The molecule has 84 valence electrons. The molecule has 0 aromatic heterocycles. The van der Waals surface area contributed by atoms with Crippen LogP contribution >= 0.6 is 11.6 Å². The number of ether oxygens (including phenoxy) is 1. The Morgan fingerprint density at radius 3 is 2.75 bits per heavy atom. The zero-order valence-corrected chi connectivity index (χ0v) is 9.18. The molecule has 5 heteroatoms. The van der Waals surface area contributed by atoms with Gasteiger partial charge in [-0.15, -0.1) is 0 Å². The fourth-order valence-electron chi connectivity index (χ4n) is 1.07. The zero-order chi connectivity index (χ0) is 12.1. The van der Waals surface area contributed by atoms with Crippen molar-refractivity contribution in [3.05, 3.63) is 34.6 Å². The summed E-state index contributed by atoms with van der Waals surface area (Å²) in [7, 11) is 0. The van der Waals surface area contributed by atoms with E-state index in [0.29, 0.717) is 0 Å². The van der Waals surface area contributed by atoms with Gasteiger partial charge in [0.1, 0.15) is 18.4 Å². The van der Waals surface area contributed by atoms with Gasteiger partial charge in [-0.3, -0.25) is 4.79 Å². The summed E-state index contributed by atoms with van der Waals surface area (Å²) in [6.07, 6.45) is 0. The smallest absolute Gasteiger partial charge is 0.302 e. The third kappa shape index (κ3) is 3.19. The summed E-state index contributed by atoms with van der Waals surface area (Å²) in [6, 6.07) is 3.84. The minimum Gasteiger partial charge on any atom is -0.460 e. The van der Waals surface area contributed by atoms with Gasteiger partial charge in [0, 0.05) is 17.5 Å². The van der Waals surface area contributed by atoms with E-state index >= 15 is 0 Å². The van der Waals surface area contributed by atoms with Crippen molar-refractivity contribution >= 4 is 29.1 Å².